The molecule has 0 radical (unpaired) electrons. The highest BCUT2D eigenvalue weighted by Crippen LogP contribution is 2.46. The standard InChI is InChI=1S/C15H15FN2O4/c1-8(19)11-4-3-10(5-12(11)16)18-7-15(22-14(18)21)6-13(15)17-9(2)20/h3-5,13H,6-7H2,1-2H3,(H,17,20)/t13?,15-/m1/s1. The second-order valence-corrected chi connectivity index (χ2v) is 5.70. The maximum absolute atomic E-state index is 13.9. The summed E-state index contributed by atoms with van der Waals surface area (Å²) in [6.45, 7) is 2.92. The molecule has 0 aromatic heterocycles. The summed E-state index contributed by atoms with van der Waals surface area (Å²) in [5.41, 5.74) is -0.412. The molecule has 1 spiro atoms. The van der Waals surface area contributed by atoms with Crippen LogP contribution in [0.4, 0.5) is 14.9 Å². The van der Waals surface area contributed by atoms with Gasteiger partial charge in [0.2, 0.25) is 5.91 Å². The van der Waals surface area contributed by atoms with Crippen molar-refractivity contribution in [3.63, 3.8) is 0 Å². The van der Waals surface area contributed by atoms with Gasteiger partial charge in [-0.05, 0) is 25.1 Å². The largest absolute Gasteiger partial charge is 0.438 e. The predicted molar refractivity (Wildman–Crippen MR) is 75.2 cm³/mol. The van der Waals surface area contributed by atoms with E-state index in [2.05, 4.69) is 5.32 Å². The van der Waals surface area contributed by atoms with Gasteiger partial charge < -0.3 is 10.1 Å². The minimum atomic E-state index is -0.724. The molecule has 1 saturated carbocycles. The van der Waals surface area contributed by atoms with E-state index >= 15 is 0 Å². The molecule has 22 heavy (non-hydrogen) atoms. The second kappa shape index (κ2) is 4.79. The van der Waals surface area contributed by atoms with Crippen LogP contribution in [0.5, 0.6) is 0 Å². The van der Waals surface area contributed by atoms with Gasteiger partial charge in [0.15, 0.2) is 11.4 Å². The Labute approximate surface area is 126 Å². The van der Waals surface area contributed by atoms with Crippen LogP contribution in [0.3, 0.4) is 0 Å². The first-order valence-electron chi connectivity index (χ1n) is 6.90. The molecule has 3 rings (SSSR count). The lowest BCUT2D eigenvalue weighted by atomic mass is 10.1. The van der Waals surface area contributed by atoms with Crippen molar-refractivity contribution in [1.82, 2.24) is 5.32 Å². The van der Waals surface area contributed by atoms with Gasteiger partial charge in [0.1, 0.15) is 5.82 Å². The van der Waals surface area contributed by atoms with Gasteiger partial charge in [-0.25, -0.2) is 9.18 Å². The van der Waals surface area contributed by atoms with E-state index in [4.69, 9.17) is 4.74 Å². The van der Waals surface area contributed by atoms with E-state index in [1.165, 1.54) is 30.9 Å². The van der Waals surface area contributed by atoms with Crippen molar-refractivity contribution in [2.75, 3.05) is 11.4 Å². The molecule has 0 bridgehead atoms. The molecule has 1 N–H and O–H groups in total. The van der Waals surface area contributed by atoms with Crippen LogP contribution in [0.15, 0.2) is 18.2 Å². The molecular weight excluding hydrogens is 291 g/mol. The van der Waals surface area contributed by atoms with Crippen LogP contribution in [0.1, 0.15) is 30.6 Å². The highest BCUT2D eigenvalue weighted by Gasteiger charge is 2.64. The van der Waals surface area contributed by atoms with Crippen molar-refractivity contribution in [2.24, 2.45) is 0 Å². The Hall–Kier alpha value is -2.44. The van der Waals surface area contributed by atoms with Gasteiger partial charge >= 0.3 is 6.09 Å². The smallest absolute Gasteiger partial charge is 0.415 e. The highest BCUT2D eigenvalue weighted by atomic mass is 19.1. The fourth-order valence-electron chi connectivity index (χ4n) is 2.75. The molecule has 1 aliphatic carbocycles. The Bertz CT molecular complexity index is 690. The number of amides is 2. The molecule has 1 aromatic rings. The van der Waals surface area contributed by atoms with Crippen molar-refractivity contribution in [1.29, 1.82) is 0 Å². The van der Waals surface area contributed by atoms with Crippen molar-refractivity contribution >= 4 is 23.5 Å². The SMILES string of the molecule is CC(=O)NC1C[C@@]12CN(c1ccc(C(C)=O)c(F)c1)C(=O)O2. The lowest BCUT2D eigenvalue weighted by molar-refractivity contribution is -0.119. The summed E-state index contributed by atoms with van der Waals surface area (Å²) >= 11 is 0. The van der Waals surface area contributed by atoms with E-state index in [-0.39, 0.29) is 29.8 Å². The molecule has 1 unspecified atom stereocenters. The molecule has 1 saturated heterocycles. The lowest BCUT2D eigenvalue weighted by Crippen LogP contribution is -2.33. The normalized spacial score (nSPS) is 26.0. The zero-order valence-electron chi connectivity index (χ0n) is 12.2. The number of benzene rings is 1. The van der Waals surface area contributed by atoms with Crippen LogP contribution in [0.2, 0.25) is 0 Å². The summed E-state index contributed by atoms with van der Waals surface area (Å²) in [5.74, 6) is -1.24. The second-order valence-electron chi connectivity index (χ2n) is 5.70. The topological polar surface area (TPSA) is 75.7 Å². The molecule has 2 aliphatic rings. The maximum atomic E-state index is 13.9. The van der Waals surface area contributed by atoms with Crippen LogP contribution in [-0.2, 0) is 9.53 Å². The van der Waals surface area contributed by atoms with Crippen molar-refractivity contribution in [3.8, 4) is 0 Å². The van der Waals surface area contributed by atoms with Gasteiger partial charge in [0, 0.05) is 13.3 Å². The van der Waals surface area contributed by atoms with E-state index < -0.39 is 17.5 Å². The number of carbonyl (C=O) groups is 3. The summed E-state index contributed by atoms with van der Waals surface area (Å²) in [6, 6.07) is 3.80. The number of nitrogens with zero attached hydrogens (tertiary/aromatic N) is 1. The van der Waals surface area contributed by atoms with Gasteiger partial charge in [-0.1, -0.05) is 0 Å². The summed E-state index contributed by atoms with van der Waals surface area (Å²) in [5, 5.41) is 2.72. The van der Waals surface area contributed by atoms with E-state index in [9.17, 15) is 18.8 Å². The zero-order chi connectivity index (χ0) is 16.1. The maximum Gasteiger partial charge on any atom is 0.415 e. The van der Waals surface area contributed by atoms with Gasteiger partial charge in [-0.3, -0.25) is 14.5 Å². The van der Waals surface area contributed by atoms with E-state index in [0.29, 0.717) is 12.1 Å². The van der Waals surface area contributed by atoms with Crippen molar-refractivity contribution in [3.05, 3.63) is 29.6 Å². The van der Waals surface area contributed by atoms with E-state index in [1.54, 1.807) is 0 Å². The van der Waals surface area contributed by atoms with Gasteiger partial charge in [-0.2, -0.15) is 0 Å². The third-order valence-corrected chi connectivity index (χ3v) is 3.98. The molecule has 116 valence electrons. The van der Waals surface area contributed by atoms with Crippen LogP contribution in [0, 0.1) is 5.82 Å². The first-order chi connectivity index (χ1) is 10.3. The summed E-state index contributed by atoms with van der Waals surface area (Å²) in [4.78, 5) is 35.6. The third-order valence-electron chi connectivity index (χ3n) is 3.98. The molecule has 1 aliphatic heterocycles. The van der Waals surface area contributed by atoms with Crippen molar-refractivity contribution in [2.45, 2.75) is 31.9 Å². The highest BCUT2D eigenvalue weighted by molar-refractivity contribution is 5.96. The predicted octanol–water partition coefficient (Wildman–Crippen LogP) is 1.63. The molecule has 1 heterocycles. The molecule has 6 nitrogen and oxygen atoms in total. The number of Topliss-reactive ketones (excluding diaryl/α,β-unsaturated/α-hetero) is 1. The molecule has 7 heteroatoms. The minimum Gasteiger partial charge on any atom is -0.438 e. The summed E-state index contributed by atoms with van der Waals surface area (Å²) in [6.07, 6.45) is -0.0362. The monoisotopic (exact) mass is 306 g/mol. The van der Waals surface area contributed by atoms with Gasteiger partial charge in [0.25, 0.3) is 0 Å². The Morgan fingerprint density at radius 3 is 2.73 bits per heavy atom. The summed E-state index contributed by atoms with van der Waals surface area (Å²) < 4.78 is 19.2. The number of carbonyl (C=O) groups excluding carboxylic acids is 3. The first-order valence-corrected chi connectivity index (χ1v) is 6.90. The zero-order valence-corrected chi connectivity index (χ0v) is 12.2. The number of nitrogens with one attached hydrogen (secondary N) is 1. The van der Waals surface area contributed by atoms with Crippen molar-refractivity contribution < 1.29 is 23.5 Å². The average molecular weight is 306 g/mol. The Morgan fingerprint density at radius 2 is 2.14 bits per heavy atom. The molecule has 1 aromatic carbocycles. The van der Waals surface area contributed by atoms with Gasteiger partial charge in [0.05, 0.1) is 23.8 Å². The van der Waals surface area contributed by atoms with E-state index in [1.807, 2.05) is 0 Å². The lowest BCUT2D eigenvalue weighted by Gasteiger charge is -2.14. The fraction of sp³-hybridized carbons (Fsp3) is 0.400. The first kappa shape index (κ1) is 14.5. The molecule has 2 fully saturated rings. The minimum absolute atomic E-state index is 0.0198. The Morgan fingerprint density at radius 1 is 1.41 bits per heavy atom. The number of anilines is 1. The number of ether oxygens (including phenoxy) is 1. The van der Waals surface area contributed by atoms with Crippen LogP contribution in [-0.4, -0.2) is 36.0 Å². The number of ketones is 1. The Balaban J connectivity index is 1.79. The number of rotatable bonds is 3. The molecule has 2 atom stereocenters. The molecular formula is C15H15FN2O4. The fourth-order valence-corrected chi connectivity index (χ4v) is 2.75. The quantitative estimate of drug-likeness (QED) is 0.861. The van der Waals surface area contributed by atoms with Gasteiger partial charge in [-0.15, -0.1) is 0 Å². The molecule has 2 amide bonds. The third kappa shape index (κ3) is 2.32. The summed E-state index contributed by atoms with van der Waals surface area (Å²) in [7, 11) is 0. The Kier molecular flexibility index (Phi) is 3.16. The van der Waals surface area contributed by atoms with E-state index in [0.717, 1.165) is 6.07 Å². The van der Waals surface area contributed by atoms with Crippen LogP contribution in [0.25, 0.3) is 0 Å². The van der Waals surface area contributed by atoms with Crippen LogP contribution >= 0.6 is 0 Å². The number of hydrogen-bond acceptors (Lipinski definition) is 4. The number of hydrogen-bond donors (Lipinski definition) is 1. The average Bonchev–Trinajstić information content (AvgIpc) is 2.92. The number of halogens is 1. The van der Waals surface area contributed by atoms with Crippen LogP contribution < -0.4 is 10.2 Å².